The van der Waals surface area contributed by atoms with Crippen LogP contribution in [0.2, 0.25) is 0 Å². The number of ether oxygens (including phenoxy) is 4. The zero-order valence-electron chi connectivity index (χ0n) is 22.1. The lowest BCUT2D eigenvalue weighted by Gasteiger charge is -2.08. The van der Waals surface area contributed by atoms with Gasteiger partial charge >= 0.3 is 11.9 Å². The quantitative estimate of drug-likeness (QED) is 0.232. The molecule has 10 heteroatoms. The van der Waals surface area contributed by atoms with E-state index in [0.29, 0.717) is 28.3 Å². The molecule has 0 heterocycles. The van der Waals surface area contributed by atoms with E-state index in [1.165, 1.54) is 38.5 Å². The van der Waals surface area contributed by atoms with Crippen LogP contribution in [0.1, 0.15) is 50.3 Å². The molecule has 0 saturated carbocycles. The summed E-state index contributed by atoms with van der Waals surface area (Å²) < 4.78 is 20.2. The number of hydrogen-bond acceptors (Lipinski definition) is 9. The van der Waals surface area contributed by atoms with Crippen LogP contribution in [0.4, 0.5) is 5.69 Å². The normalized spacial score (nSPS) is 10.2. The van der Waals surface area contributed by atoms with Crippen LogP contribution in [-0.4, -0.2) is 56.8 Å². The minimum absolute atomic E-state index is 0.0289. The van der Waals surface area contributed by atoms with Crippen molar-refractivity contribution in [1.82, 2.24) is 0 Å². The minimum atomic E-state index is -0.678. The van der Waals surface area contributed by atoms with E-state index >= 15 is 0 Å². The molecule has 3 rings (SSSR count). The van der Waals surface area contributed by atoms with Crippen molar-refractivity contribution in [1.29, 1.82) is 0 Å². The zero-order chi connectivity index (χ0) is 28.9. The number of carbonyl (C=O) groups excluding carboxylic acids is 5. The predicted octanol–water partition coefficient (Wildman–Crippen LogP) is 4.28. The van der Waals surface area contributed by atoms with Crippen LogP contribution in [0.3, 0.4) is 0 Å². The molecule has 3 aromatic rings. The van der Waals surface area contributed by atoms with Crippen LogP contribution >= 0.6 is 0 Å². The number of rotatable bonds is 14. The number of ketones is 2. The second-order valence-electron chi connectivity index (χ2n) is 8.52. The molecular weight excluding hydrogens is 518 g/mol. The minimum Gasteiger partial charge on any atom is -0.497 e. The van der Waals surface area contributed by atoms with Crippen LogP contribution in [0, 0.1) is 0 Å². The molecule has 0 spiro atoms. The summed E-state index contributed by atoms with van der Waals surface area (Å²) >= 11 is 0. The Labute approximate surface area is 231 Å². The van der Waals surface area contributed by atoms with Gasteiger partial charge in [-0.25, -0.2) is 4.79 Å². The van der Waals surface area contributed by atoms with Crippen LogP contribution in [0.15, 0.2) is 72.8 Å². The number of hydrogen-bond donors (Lipinski definition) is 1. The van der Waals surface area contributed by atoms with Gasteiger partial charge in [0, 0.05) is 29.7 Å². The molecule has 0 aliphatic carbocycles. The van der Waals surface area contributed by atoms with E-state index < -0.39 is 25.2 Å². The second kappa shape index (κ2) is 14.8. The Bertz CT molecular complexity index is 1350. The molecule has 0 bridgehead atoms. The lowest BCUT2D eigenvalue weighted by atomic mass is 10.1. The molecule has 0 fully saturated rings. The lowest BCUT2D eigenvalue weighted by molar-refractivity contribution is -0.142. The van der Waals surface area contributed by atoms with Crippen LogP contribution in [0.25, 0.3) is 0 Å². The highest BCUT2D eigenvalue weighted by Gasteiger charge is 2.14. The van der Waals surface area contributed by atoms with E-state index in [2.05, 4.69) is 5.32 Å². The largest absolute Gasteiger partial charge is 0.497 e. The number of benzene rings is 3. The van der Waals surface area contributed by atoms with Gasteiger partial charge in [0.15, 0.2) is 24.8 Å². The summed E-state index contributed by atoms with van der Waals surface area (Å²) in [7, 11) is 3.01. The third-order valence-corrected chi connectivity index (χ3v) is 5.69. The maximum Gasteiger partial charge on any atom is 0.338 e. The van der Waals surface area contributed by atoms with Crippen molar-refractivity contribution in [3.8, 4) is 11.5 Å². The van der Waals surface area contributed by atoms with Crippen molar-refractivity contribution >= 4 is 35.1 Å². The molecule has 0 aliphatic rings. The van der Waals surface area contributed by atoms with Gasteiger partial charge in [0.05, 0.1) is 19.8 Å². The van der Waals surface area contributed by atoms with Gasteiger partial charge in [-0.1, -0.05) is 12.1 Å². The summed E-state index contributed by atoms with van der Waals surface area (Å²) in [6.07, 6.45) is 0.250. The molecule has 0 aliphatic heterocycles. The van der Waals surface area contributed by atoms with E-state index in [0.717, 1.165) is 0 Å². The first-order chi connectivity index (χ1) is 19.3. The lowest BCUT2D eigenvalue weighted by Crippen LogP contribution is -2.16. The second-order valence-corrected chi connectivity index (χ2v) is 8.52. The van der Waals surface area contributed by atoms with Crippen molar-refractivity contribution in [3.63, 3.8) is 0 Å². The molecule has 10 nitrogen and oxygen atoms in total. The summed E-state index contributed by atoms with van der Waals surface area (Å²) in [5.41, 5.74) is 1.42. The van der Waals surface area contributed by atoms with Crippen LogP contribution in [-0.2, 0) is 19.1 Å². The highest BCUT2D eigenvalue weighted by Crippen LogP contribution is 2.15. The first-order valence-corrected chi connectivity index (χ1v) is 12.4. The van der Waals surface area contributed by atoms with Crippen molar-refractivity contribution in [2.45, 2.75) is 19.3 Å². The van der Waals surface area contributed by atoms with Crippen molar-refractivity contribution in [3.05, 3.63) is 89.5 Å². The summed E-state index contributed by atoms with van der Waals surface area (Å²) in [6.45, 7) is -0.816. The fraction of sp³-hybridized carbons (Fsp3) is 0.233. The molecule has 0 radical (unpaired) electrons. The van der Waals surface area contributed by atoms with Gasteiger partial charge in [0.2, 0.25) is 5.91 Å². The van der Waals surface area contributed by atoms with Gasteiger partial charge in [0.1, 0.15) is 11.5 Å². The van der Waals surface area contributed by atoms with Crippen molar-refractivity contribution in [2.24, 2.45) is 0 Å². The molecule has 0 saturated heterocycles. The van der Waals surface area contributed by atoms with Gasteiger partial charge in [-0.2, -0.15) is 0 Å². The summed E-state index contributed by atoms with van der Waals surface area (Å²) in [4.78, 5) is 60.8. The Morgan fingerprint density at radius 3 is 1.95 bits per heavy atom. The van der Waals surface area contributed by atoms with E-state index in [1.54, 1.807) is 48.5 Å². The van der Waals surface area contributed by atoms with E-state index in [1.807, 2.05) is 0 Å². The number of amides is 1. The standard InChI is InChI=1S/C30H29NO9/c1-37-24-15-11-20(12-16-24)26(32)19-40-30(36)21-9-13-23(14-10-21)31-28(34)7-4-8-29(35)39-18-27(33)22-5-3-6-25(17-22)38-2/h3,5-6,9-17H,4,7-8,18-19H2,1-2H3,(H,31,34). The van der Waals surface area contributed by atoms with Gasteiger partial charge in [-0.15, -0.1) is 0 Å². The van der Waals surface area contributed by atoms with Gasteiger partial charge < -0.3 is 24.3 Å². The summed E-state index contributed by atoms with van der Waals surface area (Å²) in [6, 6.07) is 19.0. The summed E-state index contributed by atoms with van der Waals surface area (Å²) in [5.74, 6) is -1.18. The third-order valence-electron chi connectivity index (χ3n) is 5.69. The number of carbonyl (C=O) groups is 5. The number of Topliss-reactive ketones (excluding diaryl/α,β-unsaturated/α-hetero) is 2. The Kier molecular flexibility index (Phi) is 11.0. The third kappa shape index (κ3) is 9.09. The molecule has 0 unspecified atom stereocenters. The zero-order valence-corrected chi connectivity index (χ0v) is 22.1. The summed E-state index contributed by atoms with van der Waals surface area (Å²) in [5, 5.41) is 2.67. The van der Waals surface area contributed by atoms with E-state index in [-0.39, 0.29) is 42.3 Å². The van der Waals surface area contributed by atoms with E-state index in [4.69, 9.17) is 18.9 Å². The number of anilines is 1. The van der Waals surface area contributed by atoms with Crippen molar-refractivity contribution < 1.29 is 42.9 Å². The van der Waals surface area contributed by atoms with Crippen LogP contribution in [0.5, 0.6) is 11.5 Å². The number of methoxy groups -OCH3 is 2. The maximum atomic E-state index is 12.3. The first-order valence-electron chi connectivity index (χ1n) is 12.4. The molecule has 1 N–H and O–H groups in total. The Hall–Kier alpha value is -4.99. The number of esters is 2. The molecule has 208 valence electrons. The SMILES string of the molecule is COc1ccc(C(=O)COC(=O)c2ccc(NC(=O)CCCC(=O)OCC(=O)c3cccc(OC)c3)cc2)cc1. The highest BCUT2D eigenvalue weighted by molar-refractivity contribution is 6.00. The molecule has 1 amide bonds. The first kappa shape index (κ1) is 29.6. The molecule has 40 heavy (non-hydrogen) atoms. The monoisotopic (exact) mass is 547 g/mol. The Balaban J connectivity index is 1.35. The molecule has 0 atom stereocenters. The molecular formula is C30H29NO9. The Morgan fingerprint density at radius 2 is 1.27 bits per heavy atom. The van der Waals surface area contributed by atoms with E-state index in [9.17, 15) is 24.0 Å². The van der Waals surface area contributed by atoms with Gasteiger partial charge in [0.25, 0.3) is 0 Å². The van der Waals surface area contributed by atoms with Gasteiger partial charge in [-0.3, -0.25) is 19.2 Å². The fourth-order valence-electron chi connectivity index (χ4n) is 3.48. The van der Waals surface area contributed by atoms with Gasteiger partial charge in [-0.05, 0) is 67.1 Å². The van der Waals surface area contributed by atoms with Crippen molar-refractivity contribution in [2.75, 3.05) is 32.8 Å². The molecule has 3 aromatic carbocycles. The average molecular weight is 548 g/mol. The molecule has 0 aromatic heterocycles. The van der Waals surface area contributed by atoms with Crippen LogP contribution < -0.4 is 14.8 Å². The predicted molar refractivity (Wildman–Crippen MR) is 145 cm³/mol. The highest BCUT2D eigenvalue weighted by atomic mass is 16.5. The average Bonchev–Trinajstić information content (AvgIpc) is 2.98. The number of nitrogens with one attached hydrogen (secondary N) is 1. The maximum absolute atomic E-state index is 12.3. The smallest absolute Gasteiger partial charge is 0.338 e. The Morgan fingerprint density at radius 1 is 0.650 bits per heavy atom. The topological polar surface area (TPSA) is 134 Å². The fourth-order valence-corrected chi connectivity index (χ4v) is 3.48.